The number of rotatable bonds is 2. The van der Waals surface area contributed by atoms with Crippen LogP contribution in [0.5, 0.6) is 0 Å². The average molecular weight is 165 g/mol. The molecule has 0 saturated heterocycles. The molecule has 0 fully saturated rings. The van der Waals surface area contributed by atoms with Gasteiger partial charge in [-0.3, -0.25) is 9.59 Å². The summed E-state index contributed by atoms with van der Waals surface area (Å²) in [5.41, 5.74) is 1.76. The van der Waals surface area contributed by atoms with Gasteiger partial charge in [0.25, 0.3) is 0 Å². The minimum absolute atomic E-state index is 0.0704. The van der Waals surface area contributed by atoms with Gasteiger partial charge in [0.15, 0.2) is 11.6 Å². The quantitative estimate of drug-likeness (QED) is 0.678. The average Bonchev–Trinajstić information content (AvgIpc) is 2.30. The zero-order chi connectivity index (χ0) is 9.30. The Morgan fingerprint density at radius 2 is 1.83 bits per heavy atom. The van der Waals surface area contributed by atoms with Crippen molar-refractivity contribution in [2.75, 3.05) is 0 Å². The van der Waals surface area contributed by atoms with Crippen molar-refractivity contribution >= 4 is 11.6 Å². The number of ketones is 2. The van der Waals surface area contributed by atoms with Crippen LogP contribution in [0.4, 0.5) is 0 Å². The van der Waals surface area contributed by atoms with Crippen molar-refractivity contribution in [3.8, 4) is 0 Å². The number of nitrogens with one attached hydrogen (secondary N) is 1. The molecule has 0 unspecified atom stereocenters. The number of aromatic amines is 1. The summed E-state index contributed by atoms with van der Waals surface area (Å²) in [6, 6.07) is 0. The van der Waals surface area contributed by atoms with Crippen molar-refractivity contribution in [1.82, 2.24) is 4.98 Å². The van der Waals surface area contributed by atoms with Gasteiger partial charge in [-0.2, -0.15) is 0 Å². The monoisotopic (exact) mass is 165 g/mol. The highest BCUT2D eigenvalue weighted by atomic mass is 16.1. The van der Waals surface area contributed by atoms with Crippen LogP contribution in [0.25, 0.3) is 0 Å². The van der Waals surface area contributed by atoms with E-state index in [4.69, 9.17) is 0 Å². The normalized spacial score (nSPS) is 9.92. The fraction of sp³-hybridized carbons (Fsp3) is 0.333. The minimum Gasteiger partial charge on any atom is -0.358 e. The molecule has 1 rings (SSSR count). The summed E-state index contributed by atoms with van der Waals surface area (Å²) in [6.45, 7) is 4.71. The fourth-order valence-electron chi connectivity index (χ4n) is 1.25. The predicted molar refractivity (Wildman–Crippen MR) is 45.5 cm³/mol. The summed E-state index contributed by atoms with van der Waals surface area (Å²) in [7, 11) is 0. The lowest BCUT2D eigenvalue weighted by atomic mass is 10.1. The number of hydrogen-bond acceptors (Lipinski definition) is 2. The Hall–Kier alpha value is -1.38. The van der Waals surface area contributed by atoms with Crippen molar-refractivity contribution in [3.05, 3.63) is 23.0 Å². The molecule has 0 aliphatic heterocycles. The van der Waals surface area contributed by atoms with Crippen molar-refractivity contribution in [3.63, 3.8) is 0 Å². The SMILES string of the molecule is CC(=O)c1[nH]cc(C)c1C(C)=O. The van der Waals surface area contributed by atoms with Crippen LogP contribution in [-0.2, 0) is 0 Å². The standard InChI is InChI=1S/C9H11NO2/c1-5-4-10-9(7(3)12)8(5)6(2)11/h4,10H,1-3H3. The van der Waals surface area contributed by atoms with E-state index in [-0.39, 0.29) is 11.6 Å². The van der Waals surface area contributed by atoms with Crippen LogP contribution >= 0.6 is 0 Å². The summed E-state index contributed by atoms with van der Waals surface area (Å²) in [6.07, 6.45) is 1.67. The third-order valence-electron chi connectivity index (χ3n) is 1.78. The molecule has 0 spiro atoms. The topological polar surface area (TPSA) is 49.9 Å². The first-order valence-electron chi connectivity index (χ1n) is 3.74. The maximum absolute atomic E-state index is 11.1. The fourth-order valence-corrected chi connectivity index (χ4v) is 1.25. The van der Waals surface area contributed by atoms with Gasteiger partial charge in [-0.1, -0.05) is 0 Å². The smallest absolute Gasteiger partial charge is 0.176 e. The number of hydrogen-bond donors (Lipinski definition) is 1. The van der Waals surface area contributed by atoms with E-state index in [0.717, 1.165) is 5.56 Å². The van der Waals surface area contributed by atoms with Gasteiger partial charge >= 0.3 is 0 Å². The molecule has 3 nitrogen and oxygen atoms in total. The van der Waals surface area contributed by atoms with Gasteiger partial charge in [0.2, 0.25) is 0 Å². The van der Waals surface area contributed by atoms with Gasteiger partial charge in [-0.05, 0) is 19.4 Å². The van der Waals surface area contributed by atoms with Gasteiger partial charge in [0.1, 0.15) is 0 Å². The number of carbonyl (C=O) groups is 2. The third kappa shape index (κ3) is 1.30. The highest BCUT2D eigenvalue weighted by Crippen LogP contribution is 2.13. The molecule has 12 heavy (non-hydrogen) atoms. The Labute approximate surface area is 70.8 Å². The number of aromatic nitrogens is 1. The van der Waals surface area contributed by atoms with Crippen LogP contribution in [0, 0.1) is 6.92 Å². The Balaban J connectivity index is 3.31. The van der Waals surface area contributed by atoms with E-state index in [1.165, 1.54) is 13.8 Å². The van der Waals surface area contributed by atoms with Crippen molar-refractivity contribution in [2.24, 2.45) is 0 Å². The molecule has 0 aliphatic rings. The van der Waals surface area contributed by atoms with Gasteiger partial charge in [0.05, 0.1) is 5.69 Å². The predicted octanol–water partition coefficient (Wildman–Crippen LogP) is 1.73. The molecule has 0 atom stereocenters. The van der Waals surface area contributed by atoms with Crippen LogP contribution in [-0.4, -0.2) is 16.6 Å². The highest BCUT2D eigenvalue weighted by Gasteiger charge is 2.14. The summed E-state index contributed by atoms with van der Waals surface area (Å²) in [5.74, 6) is -0.174. The first kappa shape index (κ1) is 8.71. The molecule has 0 radical (unpaired) electrons. The van der Waals surface area contributed by atoms with Crippen LogP contribution in [0.3, 0.4) is 0 Å². The van der Waals surface area contributed by atoms with Crippen molar-refractivity contribution in [1.29, 1.82) is 0 Å². The summed E-state index contributed by atoms with van der Waals surface area (Å²) in [4.78, 5) is 24.9. The molecule has 0 bridgehead atoms. The molecular formula is C9H11NO2. The second-order valence-electron chi connectivity index (χ2n) is 2.83. The molecule has 1 heterocycles. The number of H-pyrrole nitrogens is 1. The first-order valence-corrected chi connectivity index (χ1v) is 3.74. The maximum Gasteiger partial charge on any atom is 0.176 e. The van der Waals surface area contributed by atoms with Gasteiger partial charge in [0, 0.05) is 18.7 Å². The Morgan fingerprint density at radius 1 is 1.25 bits per heavy atom. The number of carbonyl (C=O) groups excluding carboxylic acids is 2. The Bertz CT molecular complexity index is 336. The van der Waals surface area contributed by atoms with Crippen LogP contribution in [0.15, 0.2) is 6.20 Å². The molecule has 1 N–H and O–H groups in total. The Kier molecular flexibility index (Phi) is 2.13. The largest absolute Gasteiger partial charge is 0.358 e. The van der Waals surface area contributed by atoms with Gasteiger partial charge < -0.3 is 4.98 Å². The molecule has 3 heteroatoms. The van der Waals surface area contributed by atoms with E-state index in [1.54, 1.807) is 13.1 Å². The summed E-state index contributed by atoms with van der Waals surface area (Å²) < 4.78 is 0. The molecule has 0 aliphatic carbocycles. The lowest BCUT2D eigenvalue weighted by molar-refractivity contribution is 0.0978. The number of Topliss-reactive ketones (excluding diaryl/α,β-unsaturated/α-hetero) is 2. The highest BCUT2D eigenvalue weighted by molar-refractivity contribution is 6.07. The third-order valence-corrected chi connectivity index (χ3v) is 1.78. The summed E-state index contributed by atoms with van der Waals surface area (Å²) >= 11 is 0. The van der Waals surface area contributed by atoms with E-state index in [1.807, 2.05) is 0 Å². The van der Waals surface area contributed by atoms with E-state index < -0.39 is 0 Å². The van der Waals surface area contributed by atoms with Gasteiger partial charge in [-0.25, -0.2) is 0 Å². The number of aryl methyl sites for hydroxylation is 1. The second kappa shape index (κ2) is 2.93. The van der Waals surface area contributed by atoms with E-state index in [9.17, 15) is 9.59 Å². The van der Waals surface area contributed by atoms with Crippen molar-refractivity contribution in [2.45, 2.75) is 20.8 Å². The summed E-state index contributed by atoms with van der Waals surface area (Å²) in [5, 5.41) is 0. The van der Waals surface area contributed by atoms with E-state index in [2.05, 4.69) is 4.98 Å². The zero-order valence-corrected chi connectivity index (χ0v) is 7.39. The van der Waals surface area contributed by atoms with Crippen LogP contribution < -0.4 is 0 Å². The second-order valence-corrected chi connectivity index (χ2v) is 2.83. The molecule has 1 aromatic heterocycles. The van der Waals surface area contributed by atoms with Crippen LogP contribution in [0.2, 0.25) is 0 Å². The minimum atomic E-state index is -0.103. The lowest BCUT2D eigenvalue weighted by Gasteiger charge is -1.96. The van der Waals surface area contributed by atoms with Crippen LogP contribution in [0.1, 0.15) is 40.3 Å². The molecule has 0 amide bonds. The molecule has 1 aromatic rings. The van der Waals surface area contributed by atoms with E-state index in [0.29, 0.717) is 11.3 Å². The molecular weight excluding hydrogens is 154 g/mol. The zero-order valence-electron chi connectivity index (χ0n) is 7.39. The molecule has 64 valence electrons. The van der Waals surface area contributed by atoms with E-state index >= 15 is 0 Å². The lowest BCUT2D eigenvalue weighted by Crippen LogP contribution is -2.02. The van der Waals surface area contributed by atoms with Crippen molar-refractivity contribution < 1.29 is 9.59 Å². The molecule has 0 aromatic carbocycles. The molecule has 0 saturated carbocycles. The first-order chi connectivity index (χ1) is 5.54. The van der Waals surface area contributed by atoms with Gasteiger partial charge in [-0.15, -0.1) is 0 Å². The maximum atomic E-state index is 11.1. The Morgan fingerprint density at radius 3 is 2.17 bits per heavy atom.